The maximum atomic E-state index is 12.2. The van der Waals surface area contributed by atoms with Crippen LogP contribution in [0.1, 0.15) is 37.9 Å². The van der Waals surface area contributed by atoms with E-state index in [4.69, 9.17) is 4.74 Å². The van der Waals surface area contributed by atoms with Gasteiger partial charge in [0.15, 0.2) is 0 Å². The third-order valence-electron chi connectivity index (χ3n) is 5.72. The van der Waals surface area contributed by atoms with Gasteiger partial charge >= 0.3 is 0 Å². The van der Waals surface area contributed by atoms with E-state index in [9.17, 15) is 4.79 Å². The Morgan fingerprint density at radius 3 is 2.61 bits per heavy atom. The summed E-state index contributed by atoms with van der Waals surface area (Å²) in [4.78, 5) is 21.7. The number of hydrogen-bond donors (Lipinski definition) is 1. The molecule has 170 valence electrons. The van der Waals surface area contributed by atoms with Crippen LogP contribution in [0.25, 0.3) is 10.6 Å². The molecule has 1 N–H and O–H groups in total. The number of aromatic nitrogens is 1. The number of nitrogens with zero attached hydrogens (tertiary/aromatic N) is 3. The molecule has 2 heterocycles. The number of unbranched alkanes of at least 4 members (excludes halogenated alkanes) is 1. The Bertz CT molecular complexity index is 783. The Balaban J connectivity index is 1.40. The summed E-state index contributed by atoms with van der Waals surface area (Å²) in [7, 11) is 0. The molecule has 1 saturated heterocycles. The van der Waals surface area contributed by atoms with Crippen molar-refractivity contribution in [2.45, 2.75) is 39.7 Å². The molecule has 0 radical (unpaired) electrons. The molecule has 6 nitrogen and oxygen atoms in total. The predicted molar refractivity (Wildman–Crippen MR) is 127 cm³/mol. The molecule has 0 atom stereocenters. The number of carbonyl (C=O) groups is 1. The second-order valence-corrected chi connectivity index (χ2v) is 8.85. The number of carbonyl (C=O) groups excluding carboxylic acids is 1. The van der Waals surface area contributed by atoms with Crippen molar-refractivity contribution in [3.8, 4) is 10.6 Å². The van der Waals surface area contributed by atoms with Crippen LogP contribution in [-0.2, 0) is 22.5 Å². The lowest BCUT2D eigenvalue weighted by Crippen LogP contribution is -2.35. The number of ether oxygens (including phenoxy) is 1. The zero-order valence-corrected chi connectivity index (χ0v) is 19.8. The van der Waals surface area contributed by atoms with E-state index in [0.29, 0.717) is 6.42 Å². The smallest absolute Gasteiger partial charge is 0.226 e. The summed E-state index contributed by atoms with van der Waals surface area (Å²) in [5.74, 6) is 0.0561. The van der Waals surface area contributed by atoms with E-state index >= 15 is 0 Å². The SMILES string of the molecule is CCN(CC)CCCCNC(=O)Cc1csc(-c2ccc(CN3CCOCC3)cc2)n1. The minimum absolute atomic E-state index is 0.0561. The van der Waals surface area contributed by atoms with Crippen LogP contribution in [0.4, 0.5) is 0 Å². The van der Waals surface area contributed by atoms with Gasteiger partial charge in [-0.15, -0.1) is 11.3 Å². The van der Waals surface area contributed by atoms with Gasteiger partial charge in [-0.25, -0.2) is 4.98 Å². The monoisotopic (exact) mass is 444 g/mol. The lowest BCUT2D eigenvalue weighted by atomic mass is 10.1. The molecular weight excluding hydrogens is 408 g/mol. The molecule has 1 aromatic carbocycles. The Morgan fingerprint density at radius 2 is 1.90 bits per heavy atom. The molecule has 3 rings (SSSR count). The highest BCUT2D eigenvalue weighted by Gasteiger charge is 2.12. The van der Waals surface area contributed by atoms with Crippen molar-refractivity contribution in [1.29, 1.82) is 0 Å². The normalized spacial score (nSPS) is 14.8. The highest BCUT2D eigenvalue weighted by molar-refractivity contribution is 7.13. The zero-order chi connectivity index (χ0) is 21.9. The largest absolute Gasteiger partial charge is 0.379 e. The van der Waals surface area contributed by atoms with Crippen LogP contribution >= 0.6 is 11.3 Å². The van der Waals surface area contributed by atoms with E-state index in [-0.39, 0.29) is 5.91 Å². The number of nitrogens with one attached hydrogen (secondary N) is 1. The second-order valence-electron chi connectivity index (χ2n) is 7.99. The van der Waals surface area contributed by atoms with E-state index in [1.54, 1.807) is 11.3 Å². The van der Waals surface area contributed by atoms with Gasteiger partial charge in [0, 0.05) is 37.1 Å². The van der Waals surface area contributed by atoms with Crippen LogP contribution in [-0.4, -0.2) is 73.2 Å². The summed E-state index contributed by atoms with van der Waals surface area (Å²) in [5, 5.41) is 6.00. The van der Waals surface area contributed by atoms with Crippen LogP contribution in [0, 0.1) is 0 Å². The van der Waals surface area contributed by atoms with E-state index < -0.39 is 0 Å². The summed E-state index contributed by atoms with van der Waals surface area (Å²) < 4.78 is 5.41. The van der Waals surface area contributed by atoms with Gasteiger partial charge in [0.25, 0.3) is 0 Å². The maximum Gasteiger partial charge on any atom is 0.226 e. The molecule has 1 aliphatic heterocycles. The van der Waals surface area contributed by atoms with Gasteiger partial charge in [-0.1, -0.05) is 38.1 Å². The number of morpholine rings is 1. The highest BCUT2D eigenvalue weighted by Crippen LogP contribution is 2.24. The third kappa shape index (κ3) is 8.00. The molecule has 1 fully saturated rings. The summed E-state index contributed by atoms with van der Waals surface area (Å²) >= 11 is 1.60. The quantitative estimate of drug-likeness (QED) is 0.509. The van der Waals surface area contributed by atoms with E-state index in [1.165, 1.54) is 5.56 Å². The number of rotatable bonds is 12. The van der Waals surface area contributed by atoms with E-state index in [1.807, 2.05) is 5.38 Å². The first-order valence-corrected chi connectivity index (χ1v) is 12.4. The van der Waals surface area contributed by atoms with Crippen LogP contribution in [0.5, 0.6) is 0 Å². The molecule has 7 heteroatoms. The van der Waals surface area contributed by atoms with Gasteiger partial charge in [-0.3, -0.25) is 9.69 Å². The molecular formula is C24H36N4O2S. The van der Waals surface area contributed by atoms with Crippen LogP contribution in [0.15, 0.2) is 29.6 Å². The van der Waals surface area contributed by atoms with E-state index in [2.05, 4.69) is 58.2 Å². The Morgan fingerprint density at radius 1 is 1.16 bits per heavy atom. The van der Waals surface area contributed by atoms with Gasteiger partial charge in [0.2, 0.25) is 5.91 Å². The summed E-state index contributed by atoms with van der Waals surface area (Å²) in [6.45, 7) is 13.0. The van der Waals surface area contributed by atoms with Crippen molar-refractivity contribution < 1.29 is 9.53 Å². The predicted octanol–water partition coefficient (Wildman–Crippen LogP) is 3.42. The lowest BCUT2D eigenvalue weighted by Gasteiger charge is -2.26. The lowest BCUT2D eigenvalue weighted by molar-refractivity contribution is -0.120. The summed E-state index contributed by atoms with van der Waals surface area (Å²) in [6, 6.07) is 8.62. The Hall–Kier alpha value is -1.80. The minimum atomic E-state index is 0.0561. The van der Waals surface area contributed by atoms with Crippen LogP contribution < -0.4 is 5.32 Å². The highest BCUT2D eigenvalue weighted by atomic mass is 32.1. The number of benzene rings is 1. The fraction of sp³-hybridized carbons (Fsp3) is 0.583. The average Bonchev–Trinajstić information content (AvgIpc) is 3.26. The zero-order valence-electron chi connectivity index (χ0n) is 18.9. The molecule has 31 heavy (non-hydrogen) atoms. The molecule has 1 aromatic heterocycles. The molecule has 0 unspecified atom stereocenters. The standard InChI is InChI=1S/C24H36N4O2S/c1-3-27(4-2)12-6-5-11-25-23(29)17-22-19-31-24(26-22)21-9-7-20(8-10-21)18-28-13-15-30-16-14-28/h7-10,19H,3-6,11-18H2,1-2H3,(H,25,29). The summed E-state index contributed by atoms with van der Waals surface area (Å²) in [6.07, 6.45) is 2.48. The van der Waals surface area contributed by atoms with Crippen molar-refractivity contribution in [2.75, 3.05) is 52.5 Å². The number of hydrogen-bond acceptors (Lipinski definition) is 6. The van der Waals surface area contributed by atoms with Gasteiger partial charge in [0.1, 0.15) is 5.01 Å². The Labute approximate surface area is 190 Å². The molecule has 0 spiro atoms. The van der Waals surface area contributed by atoms with Crippen molar-refractivity contribution in [3.63, 3.8) is 0 Å². The van der Waals surface area contributed by atoms with E-state index in [0.717, 1.165) is 88.1 Å². The maximum absolute atomic E-state index is 12.2. The summed E-state index contributed by atoms with van der Waals surface area (Å²) in [5.41, 5.74) is 3.26. The van der Waals surface area contributed by atoms with Gasteiger partial charge in [-0.05, 0) is 38.0 Å². The molecule has 2 aromatic rings. The fourth-order valence-electron chi connectivity index (χ4n) is 3.75. The van der Waals surface area contributed by atoms with Gasteiger partial charge in [0.05, 0.1) is 25.3 Å². The van der Waals surface area contributed by atoms with Crippen molar-refractivity contribution in [1.82, 2.24) is 20.1 Å². The minimum Gasteiger partial charge on any atom is -0.379 e. The van der Waals surface area contributed by atoms with Crippen LogP contribution in [0.2, 0.25) is 0 Å². The number of amides is 1. The first-order chi connectivity index (χ1) is 15.2. The first-order valence-electron chi connectivity index (χ1n) is 11.5. The second kappa shape index (κ2) is 12.9. The third-order valence-corrected chi connectivity index (χ3v) is 6.66. The number of thiazole rings is 1. The Kier molecular flexibility index (Phi) is 9.93. The van der Waals surface area contributed by atoms with Gasteiger partial charge < -0.3 is 15.0 Å². The fourth-order valence-corrected chi connectivity index (χ4v) is 4.57. The first kappa shape index (κ1) is 23.9. The van der Waals surface area contributed by atoms with Crippen molar-refractivity contribution in [3.05, 3.63) is 40.9 Å². The van der Waals surface area contributed by atoms with Crippen LogP contribution in [0.3, 0.4) is 0 Å². The molecule has 1 amide bonds. The molecule has 0 saturated carbocycles. The topological polar surface area (TPSA) is 57.7 Å². The molecule has 0 bridgehead atoms. The van der Waals surface area contributed by atoms with Gasteiger partial charge in [-0.2, -0.15) is 0 Å². The molecule has 1 aliphatic rings. The average molecular weight is 445 g/mol. The van der Waals surface area contributed by atoms with Crippen molar-refractivity contribution >= 4 is 17.2 Å². The van der Waals surface area contributed by atoms with Crippen molar-refractivity contribution in [2.24, 2.45) is 0 Å². The molecule has 0 aliphatic carbocycles.